The first-order valence-corrected chi connectivity index (χ1v) is 5.60. The highest BCUT2D eigenvalue weighted by Crippen LogP contribution is 2.36. The average molecular weight is 215 g/mol. The first-order valence-electron chi connectivity index (χ1n) is 5.60. The van der Waals surface area contributed by atoms with Gasteiger partial charge in [0.1, 0.15) is 5.54 Å². The van der Waals surface area contributed by atoms with Gasteiger partial charge in [0, 0.05) is 13.7 Å². The van der Waals surface area contributed by atoms with Crippen molar-refractivity contribution in [1.29, 1.82) is 0 Å². The van der Waals surface area contributed by atoms with Crippen LogP contribution in [-0.2, 0) is 14.3 Å². The van der Waals surface area contributed by atoms with E-state index in [1.165, 1.54) is 0 Å². The van der Waals surface area contributed by atoms with Crippen molar-refractivity contribution in [3.05, 3.63) is 0 Å². The molecule has 1 aliphatic carbocycles. The topological polar surface area (TPSA) is 61.5 Å². The number of ether oxygens (including phenoxy) is 2. The third-order valence-electron chi connectivity index (χ3n) is 3.20. The van der Waals surface area contributed by atoms with Gasteiger partial charge < -0.3 is 15.2 Å². The van der Waals surface area contributed by atoms with Crippen molar-refractivity contribution < 1.29 is 14.3 Å². The van der Waals surface area contributed by atoms with Crippen LogP contribution >= 0.6 is 0 Å². The van der Waals surface area contributed by atoms with E-state index in [2.05, 4.69) is 0 Å². The number of hydrogen-bond donors (Lipinski definition) is 1. The number of hydrogen-bond acceptors (Lipinski definition) is 4. The number of rotatable bonds is 5. The van der Waals surface area contributed by atoms with Gasteiger partial charge in [0.15, 0.2) is 0 Å². The fourth-order valence-corrected chi connectivity index (χ4v) is 2.30. The smallest absolute Gasteiger partial charge is 0.326 e. The zero-order chi connectivity index (χ0) is 11.3. The first-order chi connectivity index (χ1) is 7.15. The lowest BCUT2D eigenvalue weighted by Crippen LogP contribution is -2.52. The van der Waals surface area contributed by atoms with Crippen LogP contribution in [0.1, 0.15) is 32.6 Å². The Kier molecular flexibility index (Phi) is 4.54. The van der Waals surface area contributed by atoms with Gasteiger partial charge in [-0.15, -0.1) is 0 Å². The number of nitrogens with two attached hydrogens (primary N) is 1. The van der Waals surface area contributed by atoms with Crippen molar-refractivity contribution in [2.45, 2.75) is 38.1 Å². The lowest BCUT2D eigenvalue weighted by Gasteiger charge is -2.28. The largest absolute Gasteiger partial charge is 0.465 e. The van der Waals surface area contributed by atoms with Crippen molar-refractivity contribution in [3.63, 3.8) is 0 Å². The minimum atomic E-state index is -0.769. The molecule has 1 fully saturated rings. The van der Waals surface area contributed by atoms with E-state index in [0.717, 1.165) is 25.7 Å². The number of carbonyl (C=O) groups is 1. The van der Waals surface area contributed by atoms with Crippen LogP contribution < -0.4 is 5.73 Å². The maximum atomic E-state index is 11.8. The number of carbonyl (C=O) groups excluding carboxylic acids is 1. The number of esters is 1. The highest BCUT2D eigenvalue weighted by atomic mass is 16.5. The van der Waals surface area contributed by atoms with E-state index >= 15 is 0 Å². The minimum absolute atomic E-state index is 0.205. The molecule has 0 aliphatic heterocycles. The first kappa shape index (κ1) is 12.5. The van der Waals surface area contributed by atoms with E-state index in [9.17, 15) is 4.79 Å². The molecule has 88 valence electrons. The second-order valence-electron chi connectivity index (χ2n) is 4.13. The summed E-state index contributed by atoms with van der Waals surface area (Å²) in [6.45, 7) is 2.86. The average Bonchev–Trinajstić information content (AvgIpc) is 2.59. The molecule has 1 aliphatic rings. The summed E-state index contributed by atoms with van der Waals surface area (Å²) in [6, 6.07) is 0. The van der Waals surface area contributed by atoms with Crippen LogP contribution in [-0.4, -0.2) is 31.8 Å². The van der Waals surface area contributed by atoms with Crippen LogP contribution in [0.15, 0.2) is 0 Å². The molecule has 1 saturated carbocycles. The van der Waals surface area contributed by atoms with Crippen LogP contribution in [0, 0.1) is 5.92 Å². The van der Waals surface area contributed by atoms with Crippen molar-refractivity contribution in [2.24, 2.45) is 11.7 Å². The van der Waals surface area contributed by atoms with Gasteiger partial charge in [-0.3, -0.25) is 4.79 Å². The molecule has 2 N–H and O–H groups in total. The molecular weight excluding hydrogens is 194 g/mol. The Morgan fingerprint density at radius 2 is 2.33 bits per heavy atom. The summed E-state index contributed by atoms with van der Waals surface area (Å²) < 4.78 is 10.1. The predicted molar refractivity (Wildman–Crippen MR) is 57.4 cm³/mol. The van der Waals surface area contributed by atoms with Crippen LogP contribution in [0.4, 0.5) is 0 Å². The van der Waals surface area contributed by atoms with Gasteiger partial charge >= 0.3 is 5.97 Å². The fourth-order valence-electron chi connectivity index (χ4n) is 2.30. The third kappa shape index (κ3) is 2.69. The van der Waals surface area contributed by atoms with Crippen molar-refractivity contribution in [2.75, 3.05) is 20.3 Å². The fraction of sp³-hybridized carbons (Fsp3) is 0.909. The zero-order valence-corrected chi connectivity index (χ0v) is 9.62. The minimum Gasteiger partial charge on any atom is -0.465 e. The van der Waals surface area contributed by atoms with Gasteiger partial charge in [-0.2, -0.15) is 0 Å². The van der Waals surface area contributed by atoms with Crippen LogP contribution in [0.2, 0.25) is 0 Å². The third-order valence-corrected chi connectivity index (χ3v) is 3.20. The van der Waals surface area contributed by atoms with Crippen LogP contribution in [0.3, 0.4) is 0 Å². The molecule has 4 heteroatoms. The molecular formula is C11H21NO3. The van der Waals surface area contributed by atoms with Crippen LogP contribution in [0.25, 0.3) is 0 Å². The second-order valence-corrected chi connectivity index (χ2v) is 4.13. The standard InChI is InChI=1S/C11H21NO3/c1-3-15-10(13)11(12)7-4-5-9(11)6-8-14-2/h9H,3-8,12H2,1-2H3. The maximum absolute atomic E-state index is 11.8. The molecule has 4 nitrogen and oxygen atoms in total. The van der Waals surface area contributed by atoms with Gasteiger partial charge in [-0.05, 0) is 32.1 Å². The quantitative estimate of drug-likeness (QED) is 0.697. The highest BCUT2D eigenvalue weighted by molar-refractivity contribution is 5.81. The Morgan fingerprint density at radius 1 is 1.60 bits per heavy atom. The Morgan fingerprint density at radius 3 is 2.93 bits per heavy atom. The normalized spacial score (nSPS) is 30.5. The van der Waals surface area contributed by atoms with E-state index < -0.39 is 5.54 Å². The lowest BCUT2D eigenvalue weighted by molar-refractivity contribution is -0.151. The summed E-state index contributed by atoms with van der Waals surface area (Å²) in [5.74, 6) is -0.0416. The summed E-state index contributed by atoms with van der Waals surface area (Å²) in [6.07, 6.45) is 3.58. The second kappa shape index (κ2) is 5.47. The van der Waals surface area contributed by atoms with E-state index in [-0.39, 0.29) is 11.9 Å². The molecule has 0 radical (unpaired) electrons. The molecule has 2 unspecified atom stereocenters. The lowest BCUT2D eigenvalue weighted by atomic mass is 9.86. The Hall–Kier alpha value is -0.610. The summed E-state index contributed by atoms with van der Waals surface area (Å²) in [4.78, 5) is 11.8. The maximum Gasteiger partial charge on any atom is 0.326 e. The molecule has 0 aromatic carbocycles. The van der Waals surface area contributed by atoms with E-state index in [4.69, 9.17) is 15.2 Å². The Bertz CT molecular complexity index is 220. The number of methoxy groups -OCH3 is 1. The Labute approximate surface area is 91.1 Å². The van der Waals surface area contributed by atoms with Gasteiger partial charge in [0.2, 0.25) is 0 Å². The molecule has 0 bridgehead atoms. The highest BCUT2D eigenvalue weighted by Gasteiger charge is 2.46. The molecule has 0 heterocycles. The van der Waals surface area contributed by atoms with Crippen molar-refractivity contribution in [3.8, 4) is 0 Å². The van der Waals surface area contributed by atoms with E-state index in [1.54, 1.807) is 14.0 Å². The molecule has 0 aromatic rings. The van der Waals surface area contributed by atoms with Crippen molar-refractivity contribution in [1.82, 2.24) is 0 Å². The van der Waals surface area contributed by atoms with Gasteiger partial charge in [0.05, 0.1) is 6.61 Å². The SMILES string of the molecule is CCOC(=O)C1(N)CCCC1CCOC. The summed E-state index contributed by atoms with van der Waals surface area (Å²) in [7, 11) is 1.66. The molecule has 2 atom stereocenters. The molecule has 15 heavy (non-hydrogen) atoms. The zero-order valence-electron chi connectivity index (χ0n) is 9.62. The molecule has 1 rings (SSSR count). The summed E-state index contributed by atoms with van der Waals surface area (Å²) in [5.41, 5.74) is 5.37. The summed E-state index contributed by atoms with van der Waals surface area (Å²) >= 11 is 0. The van der Waals surface area contributed by atoms with E-state index in [0.29, 0.717) is 13.2 Å². The van der Waals surface area contributed by atoms with Crippen LogP contribution in [0.5, 0.6) is 0 Å². The summed E-state index contributed by atoms with van der Waals surface area (Å²) in [5, 5.41) is 0. The Balaban J connectivity index is 2.59. The van der Waals surface area contributed by atoms with Gasteiger partial charge in [0.25, 0.3) is 0 Å². The van der Waals surface area contributed by atoms with Crippen molar-refractivity contribution >= 4 is 5.97 Å². The predicted octanol–water partition coefficient (Wildman–Crippen LogP) is 1.08. The monoisotopic (exact) mass is 215 g/mol. The van der Waals surface area contributed by atoms with E-state index in [1.807, 2.05) is 0 Å². The molecule has 0 spiro atoms. The molecule has 0 amide bonds. The van der Waals surface area contributed by atoms with Gasteiger partial charge in [-0.1, -0.05) is 6.42 Å². The molecule has 0 saturated heterocycles. The van der Waals surface area contributed by atoms with Gasteiger partial charge in [-0.25, -0.2) is 0 Å². The molecule has 0 aromatic heterocycles.